The Morgan fingerprint density at radius 3 is 2.81 bits per heavy atom. The summed E-state index contributed by atoms with van der Waals surface area (Å²) in [5.74, 6) is 0.410. The first-order valence-electron chi connectivity index (χ1n) is 10.1. The van der Waals surface area contributed by atoms with Gasteiger partial charge in [0.15, 0.2) is 0 Å². The number of likely N-dealkylation sites (tertiary alicyclic amines) is 1. The molecule has 3 aromatic rings. The minimum Gasteiger partial charge on any atom is -0.497 e. The van der Waals surface area contributed by atoms with E-state index in [0.717, 1.165) is 32.5 Å². The van der Waals surface area contributed by atoms with Crippen LogP contribution in [-0.2, 0) is 0 Å². The van der Waals surface area contributed by atoms with Crippen LogP contribution in [0.4, 0.5) is 19.1 Å². The molecule has 4 rings (SSSR count). The van der Waals surface area contributed by atoms with Crippen LogP contribution < -0.4 is 14.8 Å². The molecule has 1 N–H and O–H groups in total. The zero-order chi connectivity index (χ0) is 22.0. The fourth-order valence-electron chi connectivity index (χ4n) is 3.92. The molecule has 0 aliphatic carbocycles. The van der Waals surface area contributed by atoms with Crippen molar-refractivity contribution in [3.8, 4) is 22.8 Å². The van der Waals surface area contributed by atoms with Crippen LogP contribution in [-0.4, -0.2) is 58.6 Å². The maximum absolute atomic E-state index is 13.0. The summed E-state index contributed by atoms with van der Waals surface area (Å²) in [5, 5.41) is 12.0. The van der Waals surface area contributed by atoms with E-state index in [0.29, 0.717) is 11.5 Å². The number of halogens is 3. The Kier molecular flexibility index (Phi) is 5.90. The predicted octanol–water partition coefficient (Wildman–Crippen LogP) is 4.20. The van der Waals surface area contributed by atoms with Gasteiger partial charge in [-0.2, -0.15) is 0 Å². The Hall–Kier alpha value is -3.01. The minimum absolute atomic E-state index is 0.177. The number of hydrogen-bond acceptors (Lipinski definition) is 6. The lowest BCUT2D eigenvalue weighted by atomic mass is 10.1. The molecule has 0 amide bonds. The molecular weight excluding hydrogens is 411 g/mol. The van der Waals surface area contributed by atoms with Crippen molar-refractivity contribution >= 4 is 11.5 Å². The number of hydrogen-bond donors (Lipinski definition) is 1. The summed E-state index contributed by atoms with van der Waals surface area (Å²) in [4.78, 5) is 2.37. The average molecular weight is 435 g/mol. The molecule has 3 heterocycles. The number of nitrogens with zero attached hydrogens (tertiary/aromatic N) is 4. The first kappa shape index (κ1) is 21.2. The molecule has 1 saturated heterocycles. The molecule has 2 aromatic heterocycles. The lowest BCUT2D eigenvalue weighted by Gasteiger charge is -2.32. The number of piperidine rings is 1. The van der Waals surface area contributed by atoms with Crippen LogP contribution in [0.15, 0.2) is 36.5 Å². The lowest BCUT2D eigenvalue weighted by molar-refractivity contribution is -0.274. The summed E-state index contributed by atoms with van der Waals surface area (Å²) in [6.07, 6.45) is -0.925. The van der Waals surface area contributed by atoms with Crippen LogP contribution in [0, 0.1) is 0 Å². The highest BCUT2D eigenvalue weighted by Gasteiger charge is 2.33. The van der Waals surface area contributed by atoms with E-state index >= 15 is 0 Å². The topological polar surface area (TPSA) is 63.9 Å². The van der Waals surface area contributed by atoms with Crippen LogP contribution in [0.1, 0.15) is 19.8 Å². The van der Waals surface area contributed by atoms with Gasteiger partial charge in [0.1, 0.15) is 17.2 Å². The van der Waals surface area contributed by atoms with Gasteiger partial charge in [0.05, 0.1) is 12.6 Å². The minimum atomic E-state index is -4.85. The second-order valence-corrected chi connectivity index (χ2v) is 7.42. The zero-order valence-corrected chi connectivity index (χ0v) is 17.3. The molecule has 0 radical (unpaired) electrons. The molecule has 1 aromatic carbocycles. The lowest BCUT2D eigenvalue weighted by Crippen LogP contribution is -2.42. The molecule has 0 saturated carbocycles. The smallest absolute Gasteiger partial charge is 0.497 e. The van der Waals surface area contributed by atoms with E-state index in [9.17, 15) is 13.2 Å². The summed E-state index contributed by atoms with van der Waals surface area (Å²) < 4.78 is 50.1. The number of ether oxygens (including phenoxy) is 2. The average Bonchev–Trinajstić information content (AvgIpc) is 3.24. The van der Waals surface area contributed by atoms with Gasteiger partial charge in [-0.1, -0.05) is 6.92 Å². The third kappa shape index (κ3) is 4.68. The zero-order valence-electron chi connectivity index (χ0n) is 17.3. The van der Waals surface area contributed by atoms with E-state index in [1.165, 1.54) is 19.2 Å². The van der Waals surface area contributed by atoms with Gasteiger partial charge in [-0.05, 0) is 50.2 Å². The summed E-state index contributed by atoms with van der Waals surface area (Å²) in [6, 6.07) is 8.07. The normalized spacial score (nSPS) is 17.6. The molecular formula is C21H24F3N5O2. The van der Waals surface area contributed by atoms with Crippen LogP contribution in [0.25, 0.3) is 16.8 Å². The van der Waals surface area contributed by atoms with E-state index in [2.05, 4.69) is 32.1 Å². The van der Waals surface area contributed by atoms with Crippen molar-refractivity contribution in [3.05, 3.63) is 36.5 Å². The number of rotatable bonds is 6. The molecule has 7 nitrogen and oxygen atoms in total. The maximum atomic E-state index is 13.0. The molecule has 166 valence electrons. The Morgan fingerprint density at radius 2 is 2.06 bits per heavy atom. The largest absolute Gasteiger partial charge is 0.573 e. The van der Waals surface area contributed by atoms with Crippen LogP contribution >= 0.6 is 0 Å². The number of methoxy groups -OCH3 is 1. The van der Waals surface area contributed by atoms with Gasteiger partial charge < -0.3 is 19.7 Å². The Bertz CT molecular complexity index is 1050. The number of aromatic nitrogens is 3. The maximum Gasteiger partial charge on any atom is 0.573 e. The number of likely N-dealkylation sites (N-methyl/N-ethyl adjacent to an activating group) is 1. The summed E-state index contributed by atoms with van der Waals surface area (Å²) in [5.41, 5.74) is 1.09. The van der Waals surface area contributed by atoms with Crippen molar-refractivity contribution in [2.24, 2.45) is 0 Å². The fraction of sp³-hybridized carbons (Fsp3) is 0.429. The van der Waals surface area contributed by atoms with E-state index in [-0.39, 0.29) is 23.0 Å². The Balaban J connectivity index is 1.71. The molecule has 1 aliphatic rings. The third-order valence-electron chi connectivity index (χ3n) is 5.42. The summed E-state index contributed by atoms with van der Waals surface area (Å²) in [6.45, 7) is 5.11. The van der Waals surface area contributed by atoms with Gasteiger partial charge in [0, 0.05) is 30.4 Å². The van der Waals surface area contributed by atoms with E-state index in [1.54, 1.807) is 22.6 Å². The van der Waals surface area contributed by atoms with Crippen molar-refractivity contribution in [2.75, 3.05) is 32.1 Å². The van der Waals surface area contributed by atoms with Crippen LogP contribution in [0.5, 0.6) is 11.5 Å². The van der Waals surface area contributed by atoms with E-state index < -0.39 is 12.1 Å². The Morgan fingerprint density at radius 1 is 1.23 bits per heavy atom. The van der Waals surface area contributed by atoms with Gasteiger partial charge >= 0.3 is 6.36 Å². The number of alkyl halides is 3. The van der Waals surface area contributed by atoms with Crippen molar-refractivity contribution in [1.29, 1.82) is 0 Å². The molecule has 1 atom stereocenters. The fourth-order valence-corrected chi connectivity index (χ4v) is 3.92. The molecule has 0 unspecified atom stereocenters. The van der Waals surface area contributed by atoms with Crippen LogP contribution in [0.3, 0.4) is 0 Å². The van der Waals surface area contributed by atoms with E-state index in [1.807, 2.05) is 6.20 Å². The second kappa shape index (κ2) is 8.62. The highest BCUT2D eigenvalue weighted by Crippen LogP contribution is 2.37. The number of anilines is 1. The number of nitrogens with one attached hydrogen (secondary N) is 1. The molecule has 31 heavy (non-hydrogen) atoms. The molecule has 0 bridgehead atoms. The summed E-state index contributed by atoms with van der Waals surface area (Å²) >= 11 is 0. The molecule has 1 aliphatic heterocycles. The highest BCUT2D eigenvalue weighted by molar-refractivity contribution is 5.81. The van der Waals surface area contributed by atoms with Gasteiger partial charge in [0.2, 0.25) is 5.95 Å². The predicted molar refractivity (Wildman–Crippen MR) is 110 cm³/mol. The number of benzene rings is 1. The van der Waals surface area contributed by atoms with E-state index in [4.69, 9.17) is 4.74 Å². The Labute approximate surface area is 177 Å². The monoisotopic (exact) mass is 435 g/mol. The van der Waals surface area contributed by atoms with Gasteiger partial charge in [-0.25, -0.2) is 0 Å². The molecule has 1 fully saturated rings. The van der Waals surface area contributed by atoms with Gasteiger partial charge in [-0.15, -0.1) is 23.4 Å². The van der Waals surface area contributed by atoms with Crippen molar-refractivity contribution < 1.29 is 22.6 Å². The SMILES string of the molecule is CCN1CCC[C@@H](Nc2nnc(-c3ccc(OC)cc3OC(F)(F)F)c3cccn23)C1. The van der Waals surface area contributed by atoms with Crippen molar-refractivity contribution in [2.45, 2.75) is 32.2 Å². The first-order valence-corrected chi connectivity index (χ1v) is 10.1. The molecule has 10 heteroatoms. The quantitative estimate of drug-likeness (QED) is 0.626. The standard InChI is InChI=1S/C21H24F3N5O2/c1-3-28-10-4-6-14(13-28)25-20-27-26-19(17-7-5-11-29(17)20)16-9-8-15(30-2)12-18(16)31-21(22,23)24/h5,7-9,11-12,14H,3-4,6,10,13H2,1-2H3,(H,25,27)/t14-/m1/s1. The summed E-state index contributed by atoms with van der Waals surface area (Å²) in [7, 11) is 1.38. The highest BCUT2D eigenvalue weighted by atomic mass is 19.4. The van der Waals surface area contributed by atoms with Gasteiger partial charge in [-0.3, -0.25) is 4.40 Å². The van der Waals surface area contributed by atoms with Crippen molar-refractivity contribution in [3.63, 3.8) is 0 Å². The third-order valence-corrected chi connectivity index (χ3v) is 5.42. The van der Waals surface area contributed by atoms with Gasteiger partial charge in [0.25, 0.3) is 0 Å². The first-order chi connectivity index (χ1) is 14.9. The second-order valence-electron chi connectivity index (χ2n) is 7.42. The van der Waals surface area contributed by atoms with Crippen LogP contribution in [0.2, 0.25) is 0 Å². The number of fused-ring (bicyclic) bond motifs is 1. The molecule has 0 spiro atoms. The van der Waals surface area contributed by atoms with Crippen molar-refractivity contribution in [1.82, 2.24) is 19.5 Å².